The topological polar surface area (TPSA) is 105 Å². The van der Waals surface area contributed by atoms with E-state index < -0.39 is 12.1 Å². The molecule has 182 valence electrons. The summed E-state index contributed by atoms with van der Waals surface area (Å²) in [5.41, 5.74) is 4.70. The third kappa shape index (κ3) is 6.83. The summed E-state index contributed by atoms with van der Waals surface area (Å²) in [5.74, 6) is -0.983. The van der Waals surface area contributed by atoms with E-state index in [4.69, 9.17) is 9.84 Å². The van der Waals surface area contributed by atoms with Gasteiger partial charge in [0.1, 0.15) is 6.61 Å². The van der Waals surface area contributed by atoms with Crippen LogP contribution in [-0.2, 0) is 14.3 Å². The first kappa shape index (κ1) is 25.3. The standard InChI is InChI=1S/C27H34N2O5/c1-3-8-19(15-26(31)32)29-25(30)14-13-18(2)16-28-27(33)34-17-24-22-11-6-4-9-20(22)21-10-5-7-12-23(21)24/h4-7,9-12,18-19,24H,3,8,13-17H2,1-2H3,(H,28,33)(H,29,30)(H,31,32). The Hall–Kier alpha value is -3.35. The van der Waals surface area contributed by atoms with Gasteiger partial charge in [-0.2, -0.15) is 0 Å². The highest BCUT2D eigenvalue weighted by Crippen LogP contribution is 2.44. The van der Waals surface area contributed by atoms with Crippen LogP contribution < -0.4 is 10.6 Å². The van der Waals surface area contributed by atoms with Crippen molar-refractivity contribution >= 4 is 18.0 Å². The van der Waals surface area contributed by atoms with Crippen LogP contribution in [0.5, 0.6) is 0 Å². The molecule has 0 saturated carbocycles. The normalized spacial score (nSPS) is 13.9. The van der Waals surface area contributed by atoms with Crippen LogP contribution >= 0.6 is 0 Å². The van der Waals surface area contributed by atoms with Crippen molar-refractivity contribution in [3.8, 4) is 11.1 Å². The molecule has 7 nitrogen and oxygen atoms in total. The number of carboxylic acids is 1. The lowest BCUT2D eigenvalue weighted by molar-refractivity contribution is -0.137. The molecule has 0 radical (unpaired) electrons. The Labute approximate surface area is 200 Å². The van der Waals surface area contributed by atoms with Crippen molar-refractivity contribution in [1.82, 2.24) is 10.6 Å². The number of carbonyl (C=O) groups excluding carboxylic acids is 2. The van der Waals surface area contributed by atoms with Crippen LogP contribution in [0.25, 0.3) is 11.1 Å². The molecule has 2 amide bonds. The molecule has 2 aromatic carbocycles. The van der Waals surface area contributed by atoms with E-state index in [2.05, 4.69) is 34.9 Å². The van der Waals surface area contributed by atoms with E-state index in [0.29, 0.717) is 19.4 Å². The summed E-state index contributed by atoms with van der Waals surface area (Å²) in [6.07, 6.45) is 1.77. The fourth-order valence-electron chi connectivity index (χ4n) is 4.47. The highest BCUT2D eigenvalue weighted by atomic mass is 16.5. The maximum atomic E-state index is 12.3. The third-order valence-corrected chi connectivity index (χ3v) is 6.23. The Morgan fingerprint density at radius 1 is 1.00 bits per heavy atom. The van der Waals surface area contributed by atoms with Gasteiger partial charge in [-0.25, -0.2) is 4.79 Å². The van der Waals surface area contributed by atoms with Gasteiger partial charge in [-0.05, 0) is 41.0 Å². The van der Waals surface area contributed by atoms with E-state index in [9.17, 15) is 14.4 Å². The van der Waals surface area contributed by atoms with Crippen molar-refractivity contribution in [3.63, 3.8) is 0 Å². The molecule has 0 bridgehead atoms. The average Bonchev–Trinajstić information content (AvgIpc) is 3.13. The molecule has 7 heteroatoms. The number of hydrogen-bond donors (Lipinski definition) is 3. The Morgan fingerprint density at radius 2 is 1.62 bits per heavy atom. The number of ether oxygens (including phenoxy) is 1. The van der Waals surface area contributed by atoms with Gasteiger partial charge in [0.15, 0.2) is 0 Å². The number of carboxylic acid groups (broad SMARTS) is 1. The van der Waals surface area contributed by atoms with Crippen molar-refractivity contribution < 1.29 is 24.2 Å². The molecule has 2 atom stereocenters. The molecule has 2 unspecified atom stereocenters. The van der Waals surface area contributed by atoms with Gasteiger partial charge in [0.2, 0.25) is 5.91 Å². The molecule has 0 saturated heterocycles. The summed E-state index contributed by atoms with van der Waals surface area (Å²) in [6, 6.07) is 16.0. The van der Waals surface area contributed by atoms with E-state index in [1.54, 1.807) is 0 Å². The zero-order chi connectivity index (χ0) is 24.5. The fraction of sp³-hybridized carbons (Fsp3) is 0.444. The van der Waals surface area contributed by atoms with E-state index >= 15 is 0 Å². The van der Waals surface area contributed by atoms with Gasteiger partial charge in [0, 0.05) is 24.9 Å². The molecule has 2 aromatic rings. The third-order valence-electron chi connectivity index (χ3n) is 6.23. The predicted molar refractivity (Wildman–Crippen MR) is 131 cm³/mol. The first-order chi connectivity index (χ1) is 16.4. The van der Waals surface area contributed by atoms with Gasteiger partial charge in [-0.15, -0.1) is 0 Å². The molecule has 3 N–H and O–H groups in total. The fourth-order valence-corrected chi connectivity index (χ4v) is 4.47. The van der Waals surface area contributed by atoms with Crippen molar-refractivity contribution in [2.24, 2.45) is 5.92 Å². The monoisotopic (exact) mass is 466 g/mol. The molecule has 0 aliphatic heterocycles. The minimum absolute atomic E-state index is 0.0149. The molecule has 0 aromatic heterocycles. The second-order valence-corrected chi connectivity index (χ2v) is 9.00. The summed E-state index contributed by atoms with van der Waals surface area (Å²) >= 11 is 0. The van der Waals surface area contributed by atoms with Crippen LogP contribution in [0.4, 0.5) is 4.79 Å². The summed E-state index contributed by atoms with van der Waals surface area (Å²) in [5, 5.41) is 14.6. The molecule has 1 aliphatic carbocycles. The quantitative estimate of drug-likeness (QED) is 0.421. The van der Waals surface area contributed by atoms with Crippen molar-refractivity contribution in [1.29, 1.82) is 0 Å². The van der Waals surface area contributed by atoms with Crippen LogP contribution in [0.1, 0.15) is 63.0 Å². The number of aliphatic carboxylic acids is 1. The lowest BCUT2D eigenvalue weighted by atomic mass is 9.98. The zero-order valence-electron chi connectivity index (χ0n) is 19.9. The molecule has 1 aliphatic rings. The number of rotatable bonds is 12. The first-order valence-corrected chi connectivity index (χ1v) is 12.0. The molecule has 3 rings (SSSR count). The summed E-state index contributed by atoms with van der Waals surface area (Å²) in [6.45, 7) is 4.58. The average molecular weight is 467 g/mol. The molecule has 0 heterocycles. The van der Waals surface area contributed by atoms with Crippen LogP contribution in [0.2, 0.25) is 0 Å². The summed E-state index contributed by atoms with van der Waals surface area (Å²) in [7, 11) is 0. The van der Waals surface area contributed by atoms with Crippen LogP contribution in [0.3, 0.4) is 0 Å². The number of nitrogens with one attached hydrogen (secondary N) is 2. The van der Waals surface area contributed by atoms with Crippen LogP contribution in [0.15, 0.2) is 48.5 Å². The maximum Gasteiger partial charge on any atom is 0.407 e. The molecular weight excluding hydrogens is 432 g/mol. The van der Waals surface area contributed by atoms with Gasteiger partial charge < -0.3 is 20.5 Å². The number of amides is 2. The Bertz CT molecular complexity index is 961. The summed E-state index contributed by atoms with van der Waals surface area (Å²) < 4.78 is 5.55. The second-order valence-electron chi connectivity index (χ2n) is 9.00. The molecule has 34 heavy (non-hydrogen) atoms. The smallest absolute Gasteiger partial charge is 0.407 e. The zero-order valence-corrected chi connectivity index (χ0v) is 19.9. The van der Waals surface area contributed by atoms with E-state index in [0.717, 1.165) is 6.42 Å². The van der Waals surface area contributed by atoms with Crippen molar-refractivity contribution in [2.75, 3.05) is 13.2 Å². The lowest BCUT2D eigenvalue weighted by Crippen LogP contribution is -2.37. The van der Waals surface area contributed by atoms with Crippen molar-refractivity contribution in [3.05, 3.63) is 59.7 Å². The van der Waals surface area contributed by atoms with E-state index in [-0.39, 0.29) is 43.2 Å². The number of fused-ring (bicyclic) bond motifs is 3. The number of benzene rings is 2. The second kappa shape index (κ2) is 12.2. The number of hydrogen-bond acceptors (Lipinski definition) is 4. The van der Waals surface area contributed by atoms with Gasteiger partial charge in [-0.3, -0.25) is 9.59 Å². The number of alkyl carbamates (subject to hydrolysis) is 1. The first-order valence-electron chi connectivity index (χ1n) is 12.0. The Morgan fingerprint density at radius 3 is 2.21 bits per heavy atom. The minimum atomic E-state index is -0.917. The van der Waals surface area contributed by atoms with Crippen LogP contribution in [0, 0.1) is 5.92 Å². The molecule has 0 fully saturated rings. The predicted octanol–water partition coefficient (Wildman–Crippen LogP) is 4.70. The largest absolute Gasteiger partial charge is 0.481 e. The van der Waals surface area contributed by atoms with E-state index in [1.165, 1.54) is 22.3 Å². The Balaban J connectivity index is 1.41. The summed E-state index contributed by atoms with van der Waals surface area (Å²) in [4.78, 5) is 35.4. The van der Waals surface area contributed by atoms with Crippen LogP contribution in [-0.4, -0.2) is 42.3 Å². The highest BCUT2D eigenvalue weighted by Gasteiger charge is 2.29. The highest BCUT2D eigenvalue weighted by molar-refractivity contribution is 5.79. The van der Waals surface area contributed by atoms with E-state index in [1.807, 2.05) is 38.1 Å². The van der Waals surface area contributed by atoms with Gasteiger partial charge in [0.05, 0.1) is 6.42 Å². The molecular formula is C27H34N2O5. The number of carbonyl (C=O) groups is 3. The minimum Gasteiger partial charge on any atom is -0.481 e. The van der Waals surface area contributed by atoms with Gasteiger partial charge in [-0.1, -0.05) is 68.8 Å². The maximum absolute atomic E-state index is 12.3. The lowest BCUT2D eigenvalue weighted by Gasteiger charge is -2.18. The van der Waals surface area contributed by atoms with Gasteiger partial charge >= 0.3 is 12.1 Å². The molecule has 0 spiro atoms. The SMILES string of the molecule is CCCC(CC(=O)O)NC(=O)CCC(C)CNC(=O)OCC1c2ccccc2-c2ccccc21. The van der Waals surface area contributed by atoms with Gasteiger partial charge in [0.25, 0.3) is 0 Å². The Kier molecular flexibility index (Phi) is 9.08. The van der Waals surface area contributed by atoms with Crippen molar-refractivity contribution in [2.45, 2.75) is 57.9 Å².